The Kier molecular flexibility index (Phi) is 9.30. The summed E-state index contributed by atoms with van der Waals surface area (Å²) in [6, 6.07) is 29.4. The maximum atomic E-state index is 13.4. The number of hydrogen-bond donors (Lipinski definition) is 6. The quantitative estimate of drug-likeness (QED) is 0.154. The van der Waals surface area contributed by atoms with Gasteiger partial charge in [0.25, 0.3) is 0 Å². The van der Waals surface area contributed by atoms with E-state index < -0.39 is 42.9 Å². The maximum Gasteiger partial charge on any atom is 0.233 e. The van der Waals surface area contributed by atoms with Crippen molar-refractivity contribution in [3.8, 4) is 11.1 Å². The van der Waals surface area contributed by atoms with E-state index in [1.807, 2.05) is 60.7 Å². The first-order chi connectivity index (χ1) is 22.1. The van der Waals surface area contributed by atoms with Gasteiger partial charge < -0.3 is 40.3 Å². The Bertz CT molecular complexity index is 1640. The third-order valence-corrected chi connectivity index (χ3v) is 9.00. The molecule has 0 bridgehead atoms. The fourth-order valence-corrected chi connectivity index (χ4v) is 6.39. The molecule has 2 aliphatic heterocycles. The number of para-hydroxylation sites is 1. The summed E-state index contributed by atoms with van der Waals surface area (Å²) in [7, 11) is 0. The number of benzene rings is 4. The van der Waals surface area contributed by atoms with Crippen molar-refractivity contribution in [2.75, 3.05) is 4.90 Å². The van der Waals surface area contributed by atoms with Crippen LogP contribution in [0.3, 0.4) is 0 Å². The predicted molar refractivity (Wildman–Crippen MR) is 166 cm³/mol. The van der Waals surface area contributed by atoms with E-state index in [2.05, 4.69) is 0 Å². The first-order valence-corrected chi connectivity index (χ1v) is 15.2. The van der Waals surface area contributed by atoms with E-state index in [-0.39, 0.29) is 23.7 Å². The van der Waals surface area contributed by atoms with Crippen LogP contribution in [-0.4, -0.2) is 67.3 Å². The third-order valence-electron chi connectivity index (χ3n) is 9.00. The third kappa shape index (κ3) is 6.21. The first-order valence-electron chi connectivity index (χ1n) is 15.2. The molecule has 6 N–H and O–H groups in total. The van der Waals surface area contributed by atoms with E-state index in [1.54, 1.807) is 35.2 Å². The number of aliphatic hydroxyl groups is 6. The lowest BCUT2D eigenvalue weighted by molar-refractivity contribution is -0.297. The molecule has 2 fully saturated rings. The molecule has 4 aromatic rings. The lowest BCUT2D eigenvalue weighted by atomic mass is 9.78. The van der Waals surface area contributed by atoms with Gasteiger partial charge in [-0.2, -0.15) is 0 Å². The number of anilines is 1. The van der Waals surface area contributed by atoms with Crippen molar-refractivity contribution in [1.29, 1.82) is 0 Å². The van der Waals surface area contributed by atoms with Crippen LogP contribution in [0.25, 0.3) is 11.1 Å². The van der Waals surface area contributed by atoms with Crippen LogP contribution in [0.2, 0.25) is 0 Å². The van der Waals surface area contributed by atoms with Gasteiger partial charge in [0.15, 0.2) is 6.29 Å². The van der Waals surface area contributed by atoms with Crippen molar-refractivity contribution in [2.24, 2.45) is 5.92 Å². The molecule has 9 atom stereocenters. The summed E-state index contributed by atoms with van der Waals surface area (Å²) in [6.07, 6.45) is -9.63. The fraction of sp³-hybridized carbons (Fsp3) is 0.306. The van der Waals surface area contributed by atoms with Crippen molar-refractivity contribution in [3.05, 3.63) is 126 Å². The predicted octanol–water partition coefficient (Wildman–Crippen LogP) is 3.54. The number of ether oxygens (including phenoxy) is 1. The lowest BCUT2D eigenvalue weighted by Gasteiger charge is -2.48. The van der Waals surface area contributed by atoms with Gasteiger partial charge in [0.1, 0.15) is 36.3 Å². The van der Waals surface area contributed by atoms with Crippen LogP contribution >= 0.6 is 0 Å². The molecule has 3 unspecified atom stereocenters. The van der Waals surface area contributed by atoms with Gasteiger partial charge in [-0.05, 0) is 71.0 Å². The van der Waals surface area contributed by atoms with Crippen molar-refractivity contribution in [3.63, 3.8) is 0 Å². The molecule has 0 radical (unpaired) electrons. The monoisotopic (exact) mass is 629 g/mol. The molecule has 46 heavy (non-hydrogen) atoms. The molecule has 1 amide bonds. The van der Waals surface area contributed by atoms with Crippen LogP contribution in [0.4, 0.5) is 10.1 Å². The molecule has 6 rings (SSSR count). The number of β-lactam (4-membered cyclic amide) rings is 1. The normalized spacial score (nSPS) is 27.6. The average molecular weight is 630 g/mol. The molecular formula is C36H36FNO8. The molecule has 9 nitrogen and oxygen atoms in total. The fourth-order valence-electron chi connectivity index (χ4n) is 6.39. The first kappa shape index (κ1) is 32.0. The molecule has 10 heteroatoms. The standard InChI is InChI=1S/C36H36FNO8/c37-25-15-13-21(14-16-25)28(39)18-17-27-29(38(35(27)44)26-7-2-1-3-8-26)22-11-9-20(10-12-22)23-5-4-6-24(19-23)30(40)34-32(42)31(41)33(43)36(45)46-34/h1-16,19,27-34,36,39-43,45H,17-18H2/t27?,28-,29?,30+,31-,32-,33+,34+,36?/m0/s1. The Labute approximate surface area is 265 Å². The molecule has 4 aromatic carbocycles. The second-order valence-electron chi connectivity index (χ2n) is 11.9. The number of aliphatic hydroxyl groups excluding tert-OH is 6. The zero-order valence-electron chi connectivity index (χ0n) is 24.8. The molecule has 240 valence electrons. The van der Waals surface area contributed by atoms with Gasteiger partial charge in [0.2, 0.25) is 5.91 Å². The van der Waals surface area contributed by atoms with Crippen LogP contribution < -0.4 is 4.90 Å². The van der Waals surface area contributed by atoms with Gasteiger partial charge in [0, 0.05) is 5.69 Å². The van der Waals surface area contributed by atoms with E-state index in [1.165, 1.54) is 12.1 Å². The van der Waals surface area contributed by atoms with Crippen LogP contribution in [0.5, 0.6) is 0 Å². The Morgan fingerprint density at radius 1 is 0.739 bits per heavy atom. The zero-order chi connectivity index (χ0) is 32.5. The number of nitrogens with zero attached hydrogens (tertiary/aromatic N) is 1. The van der Waals surface area contributed by atoms with Crippen molar-refractivity contribution in [2.45, 2.75) is 61.8 Å². The number of hydrogen-bond acceptors (Lipinski definition) is 8. The number of halogens is 1. The molecule has 0 aromatic heterocycles. The molecule has 0 saturated carbocycles. The summed E-state index contributed by atoms with van der Waals surface area (Å²) >= 11 is 0. The Morgan fingerprint density at radius 3 is 2.13 bits per heavy atom. The summed E-state index contributed by atoms with van der Waals surface area (Å²) in [5.74, 6) is -0.790. The van der Waals surface area contributed by atoms with Crippen LogP contribution in [-0.2, 0) is 9.53 Å². The number of carbonyl (C=O) groups is 1. The van der Waals surface area contributed by atoms with Gasteiger partial charge >= 0.3 is 0 Å². The van der Waals surface area contributed by atoms with Crippen molar-refractivity contribution >= 4 is 11.6 Å². The summed E-state index contributed by atoms with van der Waals surface area (Å²) < 4.78 is 18.6. The molecule has 0 spiro atoms. The second kappa shape index (κ2) is 13.4. The Morgan fingerprint density at radius 2 is 1.43 bits per heavy atom. The number of rotatable bonds is 9. The summed E-state index contributed by atoms with van der Waals surface area (Å²) in [5, 5.41) is 61.8. The Hall–Kier alpha value is -4.00. The Balaban J connectivity index is 1.21. The largest absolute Gasteiger partial charge is 0.388 e. The summed E-state index contributed by atoms with van der Waals surface area (Å²) in [6.45, 7) is 0. The topological polar surface area (TPSA) is 151 Å². The van der Waals surface area contributed by atoms with Crippen LogP contribution in [0.1, 0.15) is 47.8 Å². The molecule has 0 aliphatic carbocycles. The highest BCUT2D eigenvalue weighted by atomic mass is 19.1. The van der Waals surface area contributed by atoms with Gasteiger partial charge in [-0.15, -0.1) is 0 Å². The minimum Gasteiger partial charge on any atom is -0.388 e. The van der Waals surface area contributed by atoms with Gasteiger partial charge in [-0.25, -0.2) is 4.39 Å². The second-order valence-corrected chi connectivity index (χ2v) is 11.9. The molecule has 2 aliphatic rings. The van der Waals surface area contributed by atoms with E-state index in [0.717, 1.165) is 22.4 Å². The minimum absolute atomic E-state index is 0.0388. The van der Waals surface area contributed by atoms with Gasteiger partial charge in [0.05, 0.1) is 18.1 Å². The zero-order valence-corrected chi connectivity index (χ0v) is 24.8. The van der Waals surface area contributed by atoms with Gasteiger partial charge in [-0.3, -0.25) is 4.79 Å². The summed E-state index contributed by atoms with van der Waals surface area (Å²) in [4.78, 5) is 15.2. The van der Waals surface area contributed by atoms with Crippen LogP contribution in [0.15, 0.2) is 103 Å². The van der Waals surface area contributed by atoms with E-state index >= 15 is 0 Å². The lowest BCUT2D eigenvalue weighted by Crippen LogP contribution is -2.58. The highest BCUT2D eigenvalue weighted by Crippen LogP contribution is 2.46. The highest BCUT2D eigenvalue weighted by Gasteiger charge is 2.49. The number of amides is 1. The summed E-state index contributed by atoms with van der Waals surface area (Å²) in [5.41, 5.74) is 4.21. The SMILES string of the molecule is O=C1C(CC[C@H](O)c2ccc(F)cc2)C(c2ccc(-c3cccc([C@@H](O)[C@H]4OC(O)[C@H](O)[C@@H](O)[C@@H]4O)c3)cc2)N1c1ccccc1. The van der Waals surface area contributed by atoms with Crippen molar-refractivity contribution in [1.82, 2.24) is 0 Å². The van der Waals surface area contributed by atoms with E-state index in [4.69, 9.17) is 4.74 Å². The average Bonchev–Trinajstić information content (AvgIpc) is 3.08. The smallest absolute Gasteiger partial charge is 0.233 e. The molecule has 2 saturated heterocycles. The van der Waals surface area contributed by atoms with E-state index in [0.29, 0.717) is 24.0 Å². The molecular weight excluding hydrogens is 593 g/mol. The van der Waals surface area contributed by atoms with Crippen molar-refractivity contribution < 1.29 is 44.6 Å². The maximum absolute atomic E-state index is 13.4. The minimum atomic E-state index is -1.77. The number of carbonyl (C=O) groups excluding carboxylic acids is 1. The van der Waals surface area contributed by atoms with Gasteiger partial charge in [-0.1, -0.05) is 72.8 Å². The molecule has 2 heterocycles. The van der Waals surface area contributed by atoms with Crippen LogP contribution in [0, 0.1) is 11.7 Å². The van der Waals surface area contributed by atoms with E-state index in [9.17, 15) is 39.8 Å². The highest BCUT2D eigenvalue weighted by molar-refractivity contribution is 6.03.